The number of benzene rings is 2. The number of piperazine rings is 1. The predicted octanol–water partition coefficient (Wildman–Crippen LogP) is 2.29. The van der Waals surface area contributed by atoms with Gasteiger partial charge in [-0.3, -0.25) is 9.59 Å². The lowest BCUT2D eigenvalue weighted by Crippen LogP contribution is -2.47. The van der Waals surface area contributed by atoms with Crippen LogP contribution in [0.5, 0.6) is 11.5 Å². The molecule has 1 aliphatic heterocycles. The molecule has 184 valence electrons. The molecule has 35 heavy (non-hydrogen) atoms. The van der Waals surface area contributed by atoms with Gasteiger partial charge in [-0.25, -0.2) is 4.68 Å². The van der Waals surface area contributed by atoms with Gasteiger partial charge in [0.15, 0.2) is 0 Å². The average Bonchev–Trinajstić information content (AvgIpc) is 2.90. The van der Waals surface area contributed by atoms with Gasteiger partial charge >= 0.3 is 0 Å². The van der Waals surface area contributed by atoms with Gasteiger partial charge in [-0.1, -0.05) is 30.3 Å². The number of anilines is 2. The Bertz CT molecular complexity index is 1200. The van der Waals surface area contributed by atoms with Crippen molar-refractivity contribution in [1.82, 2.24) is 15.1 Å². The summed E-state index contributed by atoms with van der Waals surface area (Å²) in [5.41, 5.74) is 1.63. The summed E-state index contributed by atoms with van der Waals surface area (Å²) in [5.74, 6) is 1.98. The molecule has 9 nitrogen and oxygen atoms in total. The monoisotopic (exact) mass is 477 g/mol. The fraction of sp³-hybridized carbons (Fsp3) is 0.346. The first-order valence-electron chi connectivity index (χ1n) is 11.8. The van der Waals surface area contributed by atoms with Gasteiger partial charge in [0.05, 0.1) is 19.4 Å². The maximum Gasteiger partial charge on any atom is 0.267 e. The number of ether oxygens (including phenoxy) is 2. The topological polar surface area (TPSA) is 88.9 Å². The molecule has 0 bridgehead atoms. The van der Waals surface area contributed by atoms with Gasteiger partial charge in [-0.2, -0.15) is 5.10 Å². The van der Waals surface area contributed by atoms with Gasteiger partial charge in [0, 0.05) is 44.4 Å². The van der Waals surface area contributed by atoms with E-state index in [9.17, 15) is 9.59 Å². The Morgan fingerprint density at radius 3 is 2.37 bits per heavy atom. The number of carbonyl (C=O) groups is 1. The highest BCUT2D eigenvalue weighted by Gasteiger charge is 2.21. The second kappa shape index (κ2) is 11.4. The van der Waals surface area contributed by atoms with Crippen molar-refractivity contribution in [2.45, 2.75) is 20.0 Å². The molecule has 9 heteroatoms. The number of para-hydroxylation sites is 3. The standard InChI is InChI=1S/C26H31N5O4/c1-3-35-22-10-6-4-8-20(22)18-27-25(32)19-31-26(33)13-12-24(28-31)30-16-14-29(15-17-30)21-9-5-7-11-23(21)34-2/h4-13H,3,14-19H2,1-2H3,(H,27,32). The third-order valence-corrected chi connectivity index (χ3v) is 5.92. The van der Waals surface area contributed by atoms with Crippen molar-refractivity contribution < 1.29 is 14.3 Å². The van der Waals surface area contributed by atoms with Gasteiger partial charge in [0.2, 0.25) is 5.91 Å². The van der Waals surface area contributed by atoms with Crippen molar-refractivity contribution in [3.63, 3.8) is 0 Å². The van der Waals surface area contributed by atoms with Gasteiger partial charge in [-0.15, -0.1) is 0 Å². The highest BCUT2D eigenvalue weighted by Crippen LogP contribution is 2.28. The summed E-state index contributed by atoms with van der Waals surface area (Å²) >= 11 is 0. The third-order valence-electron chi connectivity index (χ3n) is 5.92. The Kier molecular flexibility index (Phi) is 7.87. The first-order chi connectivity index (χ1) is 17.1. The summed E-state index contributed by atoms with van der Waals surface area (Å²) in [6.07, 6.45) is 0. The summed E-state index contributed by atoms with van der Waals surface area (Å²) in [6, 6.07) is 18.7. The van der Waals surface area contributed by atoms with E-state index < -0.39 is 0 Å². The quantitative estimate of drug-likeness (QED) is 0.506. The van der Waals surface area contributed by atoms with E-state index in [0.29, 0.717) is 19.0 Å². The van der Waals surface area contributed by atoms with Crippen LogP contribution >= 0.6 is 0 Å². The Morgan fingerprint density at radius 2 is 1.63 bits per heavy atom. The predicted molar refractivity (Wildman–Crippen MR) is 135 cm³/mol. The molecule has 1 amide bonds. The molecule has 4 rings (SSSR count). The van der Waals surface area contributed by atoms with Gasteiger partial charge in [0.25, 0.3) is 5.56 Å². The largest absolute Gasteiger partial charge is 0.495 e. The number of nitrogens with one attached hydrogen (secondary N) is 1. The molecule has 1 fully saturated rings. The number of hydrogen-bond acceptors (Lipinski definition) is 7. The highest BCUT2D eigenvalue weighted by molar-refractivity contribution is 5.75. The molecule has 0 aliphatic carbocycles. The maximum absolute atomic E-state index is 12.6. The van der Waals surface area contributed by atoms with Crippen molar-refractivity contribution in [2.75, 3.05) is 49.7 Å². The molecule has 1 aliphatic rings. The molecular formula is C26H31N5O4. The highest BCUT2D eigenvalue weighted by atomic mass is 16.5. The van der Waals surface area contributed by atoms with Crippen molar-refractivity contribution in [3.8, 4) is 11.5 Å². The van der Waals surface area contributed by atoms with E-state index in [0.717, 1.165) is 48.9 Å². The van der Waals surface area contributed by atoms with E-state index in [-0.39, 0.29) is 18.0 Å². The fourth-order valence-electron chi connectivity index (χ4n) is 4.12. The van der Waals surface area contributed by atoms with Crippen LogP contribution < -0.4 is 30.1 Å². The van der Waals surface area contributed by atoms with Crippen LogP contribution in [-0.2, 0) is 17.9 Å². The van der Waals surface area contributed by atoms with Crippen LogP contribution in [0.2, 0.25) is 0 Å². The number of methoxy groups -OCH3 is 1. The summed E-state index contributed by atoms with van der Waals surface area (Å²) in [4.78, 5) is 29.3. The maximum atomic E-state index is 12.6. The Hall–Kier alpha value is -4.01. The van der Waals surface area contributed by atoms with E-state index in [1.165, 1.54) is 10.7 Å². The molecule has 1 N–H and O–H groups in total. The van der Waals surface area contributed by atoms with Gasteiger partial charge in [-0.05, 0) is 31.2 Å². The number of rotatable bonds is 9. The van der Waals surface area contributed by atoms with E-state index >= 15 is 0 Å². The van der Waals surface area contributed by atoms with Crippen molar-refractivity contribution in [1.29, 1.82) is 0 Å². The number of amides is 1. The summed E-state index contributed by atoms with van der Waals surface area (Å²) in [7, 11) is 1.68. The number of nitrogens with zero attached hydrogens (tertiary/aromatic N) is 4. The van der Waals surface area contributed by atoms with Crippen molar-refractivity contribution in [3.05, 3.63) is 76.6 Å². The number of carbonyl (C=O) groups excluding carboxylic acids is 1. The van der Waals surface area contributed by atoms with Crippen LogP contribution in [0, 0.1) is 0 Å². The molecule has 1 aromatic heterocycles. The summed E-state index contributed by atoms with van der Waals surface area (Å²) in [5, 5.41) is 7.33. The second-order valence-corrected chi connectivity index (χ2v) is 8.15. The minimum absolute atomic E-state index is 0.148. The zero-order valence-electron chi connectivity index (χ0n) is 20.1. The molecule has 1 saturated heterocycles. The summed E-state index contributed by atoms with van der Waals surface area (Å²) in [6.45, 7) is 5.69. The van der Waals surface area contributed by atoms with Crippen molar-refractivity contribution in [2.24, 2.45) is 0 Å². The number of hydrogen-bond donors (Lipinski definition) is 1. The zero-order chi connectivity index (χ0) is 24.6. The molecular weight excluding hydrogens is 446 g/mol. The lowest BCUT2D eigenvalue weighted by atomic mass is 10.2. The molecule has 2 aromatic carbocycles. The van der Waals surface area contributed by atoms with E-state index in [1.807, 2.05) is 49.4 Å². The fourth-order valence-corrected chi connectivity index (χ4v) is 4.12. The third kappa shape index (κ3) is 5.92. The van der Waals surface area contributed by atoms with Gasteiger partial charge in [0.1, 0.15) is 23.9 Å². The van der Waals surface area contributed by atoms with Crippen LogP contribution in [-0.4, -0.2) is 55.6 Å². The molecule has 0 saturated carbocycles. The lowest BCUT2D eigenvalue weighted by molar-refractivity contribution is -0.122. The van der Waals surface area contributed by atoms with E-state index in [2.05, 4.69) is 26.3 Å². The molecule has 0 radical (unpaired) electrons. The van der Waals surface area contributed by atoms with E-state index in [4.69, 9.17) is 9.47 Å². The lowest BCUT2D eigenvalue weighted by Gasteiger charge is -2.37. The van der Waals surface area contributed by atoms with Crippen LogP contribution in [0.25, 0.3) is 0 Å². The average molecular weight is 478 g/mol. The number of aromatic nitrogens is 2. The SMILES string of the molecule is CCOc1ccccc1CNC(=O)Cn1nc(N2CCN(c3ccccc3OC)CC2)ccc1=O. The van der Waals surface area contributed by atoms with Gasteiger partial charge < -0.3 is 24.6 Å². The first kappa shape index (κ1) is 24.1. The van der Waals surface area contributed by atoms with Crippen LogP contribution in [0.4, 0.5) is 11.5 Å². The normalized spacial score (nSPS) is 13.4. The van der Waals surface area contributed by atoms with Crippen LogP contribution in [0.15, 0.2) is 65.5 Å². The first-order valence-corrected chi connectivity index (χ1v) is 11.8. The Balaban J connectivity index is 1.37. The minimum atomic E-state index is -0.314. The van der Waals surface area contributed by atoms with Crippen LogP contribution in [0.3, 0.4) is 0 Å². The van der Waals surface area contributed by atoms with Crippen LogP contribution in [0.1, 0.15) is 12.5 Å². The minimum Gasteiger partial charge on any atom is -0.495 e. The van der Waals surface area contributed by atoms with E-state index in [1.54, 1.807) is 13.2 Å². The second-order valence-electron chi connectivity index (χ2n) is 8.15. The molecule has 0 spiro atoms. The molecule has 0 atom stereocenters. The molecule has 0 unspecified atom stereocenters. The smallest absolute Gasteiger partial charge is 0.267 e. The Morgan fingerprint density at radius 1 is 0.943 bits per heavy atom. The zero-order valence-corrected chi connectivity index (χ0v) is 20.1. The Labute approximate surface area is 204 Å². The molecule has 3 aromatic rings. The molecule has 2 heterocycles. The van der Waals surface area contributed by atoms with Crippen molar-refractivity contribution >= 4 is 17.4 Å². The summed E-state index contributed by atoms with van der Waals surface area (Å²) < 4.78 is 12.3.